The van der Waals surface area contributed by atoms with E-state index in [0.717, 1.165) is 46.1 Å². The molecule has 0 radical (unpaired) electrons. The molecule has 0 spiro atoms. The van der Waals surface area contributed by atoms with Crippen molar-refractivity contribution in [1.82, 2.24) is 15.1 Å². The van der Waals surface area contributed by atoms with E-state index in [1.165, 1.54) is 0 Å². The van der Waals surface area contributed by atoms with Crippen LogP contribution in [-0.4, -0.2) is 21.1 Å². The number of aromatic nitrogens is 3. The zero-order valence-electron chi connectivity index (χ0n) is 18.0. The number of pyridine rings is 1. The van der Waals surface area contributed by atoms with Crippen molar-refractivity contribution < 1.29 is 14.1 Å². The van der Waals surface area contributed by atoms with Crippen LogP contribution < -0.4 is 0 Å². The highest BCUT2D eigenvalue weighted by Crippen LogP contribution is 2.38. The number of benzene rings is 2. The zero-order valence-corrected chi connectivity index (χ0v) is 18.0. The van der Waals surface area contributed by atoms with Gasteiger partial charge < -0.3 is 9.26 Å². The van der Waals surface area contributed by atoms with Crippen molar-refractivity contribution in [1.29, 1.82) is 0 Å². The van der Waals surface area contributed by atoms with Crippen LogP contribution in [0.15, 0.2) is 59.1 Å². The van der Waals surface area contributed by atoms with Gasteiger partial charge in [0.15, 0.2) is 12.4 Å². The Kier molecular flexibility index (Phi) is 5.27. The fraction of sp³-hybridized carbons (Fsp3) is 0.231. The van der Waals surface area contributed by atoms with E-state index in [2.05, 4.69) is 35.3 Å². The molecule has 1 aliphatic rings. The van der Waals surface area contributed by atoms with E-state index in [9.17, 15) is 4.79 Å². The Morgan fingerprint density at radius 2 is 1.88 bits per heavy atom. The number of hydrogen-bond donors (Lipinski definition) is 0. The van der Waals surface area contributed by atoms with Gasteiger partial charge >= 0.3 is 5.97 Å². The van der Waals surface area contributed by atoms with Gasteiger partial charge in [0.25, 0.3) is 5.89 Å². The van der Waals surface area contributed by atoms with Crippen molar-refractivity contribution >= 4 is 28.5 Å². The maximum atomic E-state index is 13.3. The molecule has 6 heteroatoms. The molecule has 0 bridgehead atoms. The van der Waals surface area contributed by atoms with E-state index in [4.69, 9.17) is 14.2 Å². The first-order valence-corrected chi connectivity index (χ1v) is 10.7. The average molecular weight is 425 g/mol. The van der Waals surface area contributed by atoms with Crippen LogP contribution >= 0.6 is 0 Å². The minimum atomic E-state index is -0.399. The molecule has 2 heterocycles. The number of allylic oxidation sites excluding steroid dienone is 1. The molecule has 32 heavy (non-hydrogen) atoms. The summed E-state index contributed by atoms with van der Waals surface area (Å²) in [7, 11) is 0. The lowest BCUT2D eigenvalue weighted by atomic mass is 9.80. The maximum Gasteiger partial charge on any atom is 0.339 e. The van der Waals surface area contributed by atoms with Crippen LogP contribution in [0.5, 0.6) is 0 Å². The van der Waals surface area contributed by atoms with E-state index in [-0.39, 0.29) is 12.5 Å². The largest absolute Gasteiger partial charge is 0.452 e. The Morgan fingerprint density at radius 1 is 1.09 bits per heavy atom. The minimum Gasteiger partial charge on any atom is -0.452 e. The van der Waals surface area contributed by atoms with Crippen LogP contribution in [0, 0.1) is 12.8 Å². The summed E-state index contributed by atoms with van der Waals surface area (Å²) >= 11 is 0. The monoisotopic (exact) mass is 425 g/mol. The van der Waals surface area contributed by atoms with Gasteiger partial charge in [-0.05, 0) is 54.5 Å². The number of hydrogen-bond acceptors (Lipinski definition) is 6. The second kappa shape index (κ2) is 8.38. The van der Waals surface area contributed by atoms with Crippen LogP contribution in [0.4, 0.5) is 0 Å². The summed E-state index contributed by atoms with van der Waals surface area (Å²) in [6.07, 6.45) is 3.85. The molecule has 0 saturated carbocycles. The quantitative estimate of drug-likeness (QED) is 0.407. The molecule has 0 N–H and O–H groups in total. The molecule has 1 unspecified atom stereocenters. The predicted molar refractivity (Wildman–Crippen MR) is 122 cm³/mol. The summed E-state index contributed by atoms with van der Waals surface area (Å²) in [4.78, 5) is 22.4. The summed E-state index contributed by atoms with van der Waals surface area (Å²) in [6, 6.07) is 17.9. The molecule has 0 amide bonds. The van der Waals surface area contributed by atoms with E-state index in [1.54, 1.807) is 6.92 Å². The number of para-hydroxylation sites is 1. The fourth-order valence-corrected chi connectivity index (χ4v) is 4.32. The normalized spacial score (nSPS) is 16.8. The molecule has 4 aromatic rings. The Labute approximate surface area is 185 Å². The number of nitrogens with zero attached hydrogens (tertiary/aromatic N) is 3. The summed E-state index contributed by atoms with van der Waals surface area (Å²) in [5.41, 5.74) is 5.43. The molecule has 160 valence electrons. The first-order valence-electron chi connectivity index (χ1n) is 10.7. The topological polar surface area (TPSA) is 78.1 Å². The number of ether oxygens (including phenoxy) is 1. The molecule has 2 aromatic carbocycles. The first kappa shape index (κ1) is 20.1. The van der Waals surface area contributed by atoms with E-state index in [1.807, 2.05) is 42.5 Å². The van der Waals surface area contributed by atoms with Crippen LogP contribution in [0.2, 0.25) is 0 Å². The highest BCUT2D eigenvalue weighted by molar-refractivity contribution is 6.06. The van der Waals surface area contributed by atoms with Gasteiger partial charge in [-0.25, -0.2) is 9.78 Å². The van der Waals surface area contributed by atoms with E-state index >= 15 is 0 Å². The molecular formula is C26H23N3O3. The molecule has 0 aliphatic heterocycles. The van der Waals surface area contributed by atoms with Gasteiger partial charge in [0, 0.05) is 5.39 Å². The Hall–Kier alpha value is -3.80. The Bertz CT molecular complexity index is 1320. The van der Waals surface area contributed by atoms with E-state index < -0.39 is 5.97 Å². The lowest BCUT2D eigenvalue weighted by Crippen LogP contribution is -2.19. The van der Waals surface area contributed by atoms with Gasteiger partial charge in [0.2, 0.25) is 0 Å². The van der Waals surface area contributed by atoms with Crippen LogP contribution in [0.3, 0.4) is 0 Å². The second-order valence-corrected chi connectivity index (χ2v) is 8.24. The summed E-state index contributed by atoms with van der Waals surface area (Å²) in [5, 5.41) is 4.55. The molecule has 0 fully saturated rings. The summed E-state index contributed by atoms with van der Waals surface area (Å²) < 4.78 is 10.7. The number of carbonyl (C=O) groups excluding carboxylic acids is 1. The van der Waals surface area contributed by atoms with Gasteiger partial charge in [-0.2, -0.15) is 4.98 Å². The average Bonchev–Trinajstić information content (AvgIpc) is 3.22. The third-order valence-corrected chi connectivity index (χ3v) is 5.66. The second-order valence-electron chi connectivity index (χ2n) is 8.24. The van der Waals surface area contributed by atoms with Gasteiger partial charge in [-0.1, -0.05) is 60.6 Å². The number of aryl methyl sites for hydroxylation is 1. The number of esters is 1. The van der Waals surface area contributed by atoms with Gasteiger partial charge in [0.1, 0.15) is 0 Å². The molecule has 5 rings (SSSR count). The molecule has 2 aromatic heterocycles. The van der Waals surface area contributed by atoms with E-state index in [0.29, 0.717) is 17.3 Å². The summed E-state index contributed by atoms with van der Waals surface area (Å²) in [6.45, 7) is 3.87. The molecule has 1 aliphatic carbocycles. The minimum absolute atomic E-state index is 0.0621. The summed E-state index contributed by atoms with van der Waals surface area (Å²) in [5.74, 6) is 0.767. The Balaban J connectivity index is 1.62. The smallest absolute Gasteiger partial charge is 0.339 e. The molecule has 1 atom stereocenters. The van der Waals surface area contributed by atoms with Crippen molar-refractivity contribution in [2.45, 2.75) is 33.3 Å². The van der Waals surface area contributed by atoms with Crippen molar-refractivity contribution in [3.05, 3.63) is 88.7 Å². The lowest BCUT2D eigenvalue weighted by molar-refractivity contribution is 0.0430. The number of carbonyl (C=O) groups is 1. The first-order chi connectivity index (χ1) is 15.6. The van der Waals surface area contributed by atoms with Crippen LogP contribution in [-0.2, 0) is 17.8 Å². The highest BCUT2D eigenvalue weighted by atomic mass is 16.6. The van der Waals surface area contributed by atoms with Crippen LogP contribution in [0.25, 0.3) is 22.6 Å². The zero-order chi connectivity index (χ0) is 22.1. The lowest BCUT2D eigenvalue weighted by Gasteiger charge is -2.26. The van der Waals surface area contributed by atoms with Crippen LogP contribution in [0.1, 0.15) is 52.2 Å². The SMILES string of the molecule is Cc1noc(COC(=O)c2c3c(nc4ccccc24)/C(=C/c2ccccc2)CC(C)C3)n1. The van der Waals surface area contributed by atoms with Gasteiger partial charge in [-0.3, -0.25) is 0 Å². The van der Waals surface area contributed by atoms with Crippen molar-refractivity contribution in [3.8, 4) is 0 Å². The van der Waals surface area contributed by atoms with Crippen molar-refractivity contribution in [2.24, 2.45) is 5.92 Å². The predicted octanol–water partition coefficient (Wildman–Crippen LogP) is 5.41. The third kappa shape index (κ3) is 3.91. The third-order valence-electron chi connectivity index (χ3n) is 5.66. The molecule has 6 nitrogen and oxygen atoms in total. The fourth-order valence-electron chi connectivity index (χ4n) is 4.32. The maximum absolute atomic E-state index is 13.3. The van der Waals surface area contributed by atoms with Crippen molar-refractivity contribution in [2.75, 3.05) is 0 Å². The molecule has 0 saturated heterocycles. The van der Waals surface area contributed by atoms with Crippen molar-refractivity contribution in [3.63, 3.8) is 0 Å². The van der Waals surface area contributed by atoms with Gasteiger partial charge in [-0.15, -0.1) is 0 Å². The van der Waals surface area contributed by atoms with Gasteiger partial charge in [0.05, 0.1) is 16.8 Å². The number of fused-ring (bicyclic) bond motifs is 2. The molecular weight excluding hydrogens is 402 g/mol. The standard InChI is InChI=1S/C26H23N3O3/c1-16-12-19(14-18-8-4-3-5-9-18)25-21(13-16)24(20-10-6-7-11-22(20)28-25)26(30)31-15-23-27-17(2)29-32-23/h3-11,14,16H,12-13,15H2,1-2H3/b19-14+. The number of rotatable bonds is 4. The highest BCUT2D eigenvalue weighted by Gasteiger charge is 2.29. The Morgan fingerprint density at radius 3 is 2.66 bits per heavy atom.